The highest BCUT2D eigenvalue weighted by molar-refractivity contribution is 6.12. The van der Waals surface area contributed by atoms with Gasteiger partial charge in [-0.25, -0.2) is 0 Å². The van der Waals surface area contributed by atoms with E-state index < -0.39 is 5.41 Å². The Kier molecular flexibility index (Phi) is 10.2. The second-order valence-electron chi connectivity index (χ2n) is 22.7. The third kappa shape index (κ3) is 6.94. The molecule has 0 nitrogen and oxygen atoms in total. The Morgan fingerprint density at radius 2 is 0.819 bits per heavy atom. The maximum absolute atomic E-state index is 2.58. The van der Waals surface area contributed by atoms with E-state index in [0.717, 1.165) is 12.8 Å². The number of aryl methyl sites for hydroxylation is 1. The number of hydrogen-bond donors (Lipinski definition) is 0. The zero-order chi connectivity index (χ0) is 48.9. The molecule has 0 bridgehead atoms. The maximum atomic E-state index is 2.58. The molecule has 11 aromatic rings. The second-order valence-corrected chi connectivity index (χ2v) is 22.7. The lowest BCUT2D eigenvalue weighted by atomic mass is 9.67. The van der Waals surface area contributed by atoms with Crippen LogP contribution in [0.5, 0.6) is 0 Å². The highest BCUT2D eigenvalue weighted by atomic mass is 14.5. The van der Waals surface area contributed by atoms with Crippen LogP contribution in [0, 0.1) is 0 Å². The number of benzene rings is 11. The molecule has 0 saturated carbocycles. The third-order valence-electron chi connectivity index (χ3n) is 16.5. The fourth-order valence-electron chi connectivity index (χ4n) is 12.9. The smallest absolute Gasteiger partial charge is 0.0619 e. The summed E-state index contributed by atoms with van der Waals surface area (Å²) in [6, 6.07) is 85.9. The molecule has 1 atom stereocenters. The van der Waals surface area contributed by atoms with Crippen molar-refractivity contribution in [2.24, 2.45) is 0 Å². The summed E-state index contributed by atoms with van der Waals surface area (Å²) in [6.07, 6.45) is 1.88. The van der Waals surface area contributed by atoms with Crippen LogP contribution >= 0.6 is 0 Å². The van der Waals surface area contributed by atoms with E-state index in [2.05, 4.69) is 266 Å². The van der Waals surface area contributed by atoms with Gasteiger partial charge >= 0.3 is 0 Å². The highest BCUT2D eigenvalue weighted by Crippen LogP contribution is 2.64. The van der Waals surface area contributed by atoms with Gasteiger partial charge in [0.05, 0.1) is 5.41 Å². The summed E-state index contributed by atoms with van der Waals surface area (Å²) in [5, 5.41) is 7.71. The molecule has 1 unspecified atom stereocenters. The van der Waals surface area contributed by atoms with Crippen molar-refractivity contribution in [2.45, 2.75) is 76.5 Å². The fraction of sp³-hybridized carbons (Fsp3) is 0.167. The Bertz CT molecular complexity index is 3850. The minimum absolute atomic E-state index is 0.00402. The van der Waals surface area contributed by atoms with Gasteiger partial charge < -0.3 is 0 Å². The first kappa shape index (κ1) is 44.2. The maximum Gasteiger partial charge on any atom is 0.0728 e. The molecule has 0 saturated heterocycles. The molecule has 72 heavy (non-hydrogen) atoms. The first-order valence-corrected chi connectivity index (χ1v) is 26.1. The summed E-state index contributed by atoms with van der Waals surface area (Å²) in [4.78, 5) is 0. The van der Waals surface area contributed by atoms with Gasteiger partial charge in [-0.15, -0.1) is 0 Å². The lowest BCUT2D eigenvalue weighted by Crippen LogP contribution is -2.28. The number of hydrogen-bond acceptors (Lipinski definition) is 0. The van der Waals surface area contributed by atoms with Gasteiger partial charge in [-0.1, -0.05) is 266 Å². The van der Waals surface area contributed by atoms with Gasteiger partial charge in [-0.2, -0.15) is 0 Å². The molecular weight excluding hydrogens is 865 g/mol. The van der Waals surface area contributed by atoms with Gasteiger partial charge in [0.2, 0.25) is 0 Å². The van der Waals surface area contributed by atoms with Crippen molar-refractivity contribution in [2.75, 3.05) is 0 Å². The summed E-state index contributed by atoms with van der Waals surface area (Å²) in [7, 11) is 0. The molecule has 1 spiro atoms. The SMILES string of the molecule is CC(C)(C)c1ccc2c(c1)C1(c3cc(C(C)(C)C)ccc3-2)c2ccccc2-c2cccc(CCC(c3ccc(-c4cccc5ccccc45)cc3)c3ccc(-c4cccc5c4ccc4ccccc45)cc3)c21. The topological polar surface area (TPSA) is 0 Å². The van der Waals surface area contributed by atoms with Crippen molar-refractivity contribution in [3.8, 4) is 44.5 Å². The molecule has 0 heteroatoms. The first-order valence-electron chi connectivity index (χ1n) is 26.1. The Balaban J connectivity index is 0.958. The van der Waals surface area contributed by atoms with Gasteiger partial charge in [0.25, 0.3) is 0 Å². The van der Waals surface area contributed by atoms with Crippen LogP contribution in [0.2, 0.25) is 0 Å². The van der Waals surface area contributed by atoms with Crippen molar-refractivity contribution in [3.63, 3.8) is 0 Å². The molecule has 0 N–H and O–H groups in total. The van der Waals surface area contributed by atoms with Crippen LogP contribution in [0.4, 0.5) is 0 Å². The predicted molar refractivity (Wildman–Crippen MR) is 307 cm³/mol. The van der Waals surface area contributed by atoms with E-state index in [1.807, 2.05) is 0 Å². The van der Waals surface area contributed by atoms with Crippen LogP contribution in [0.25, 0.3) is 76.8 Å². The quantitative estimate of drug-likeness (QED) is 0.140. The zero-order valence-corrected chi connectivity index (χ0v) is 42.4. The second kappa shape index (κ2) is 16.6. The molecule has 0 aliphatic heterocycles. The van der Waals surface area contributed by atoms with Gasteiger partial charge in [0.1, 0.15) is 0 Å². The average molecular weight is 925 g/mol. The van der Waals surface area contributed by atoms with Crippen molar-refractivity contribution < 1.29 is 0 Å². The Morgan fingerprint density at radius 3 is 1.46 bits per heavy atom. The Hall–Kier alpha value is -7.80. The molecule has 0 heterocycles. The van der Waals surface area contributed by atoms with Crippen molar-refractivity contribution >= 4 is 32.3 Å². The summed E-state index contributed by atoms with van der Waals surface area (Å²) in [5.74, 6) is 0.163. The van der Waals surface area contributed by atoms with E-state index in [1.165, 1.54) is 127 Å². The van der Waals surface area contributed by atoms with Crippen molar-refractivity contribution in [3.05, 3.63) is 275 Å². The number of rotatable bonds is 7. The summed E-state index contributed by atoms with van der Waals surface area (Å²) < 4.78 is 0. The Morgan fingerprint density at radius 1 is 0.347 bits per heavy atom. The lowest BCUT2D eigenvalue weighted by molar-refractivity contribution is 0.586. The number of fused-ring (bicyclic) bond motifs is 14. The minimum atomic E-state index is -0.448. The standard InChI is InChI=1S/C72H60/c1-70(2,3)53-38-42-63-64-43-39-54(71(4,5)6)45-68(64)72(67(63)44-53)66-27-12-11-22-62(66)65-26-14-19-52(69(65)72)37-40-55(48-28-32-50(33-29-48)57-23-13-18-46-16-7-9-20-56(46)57)49-30-34-51(35-31-49)59-24-15-25-60-58-21-10-8-17-47(58)36-41-61(59)60/h7-36,38-39,41-45,55H,37,40H2,1-6H3. The average Bonchev–Trinajstić information content (AvgIpc) is 3.88. The molecule has 0 aromatic heterocycles. The zero-order valence-electron chi connectivity index (χ0n) is 42.4. The van der Waals surface area contributed by atoms with Crippen molar-refractivity contribution in [1.82, 2.24) is 0 Å². The normalized spacial score (nSPS) is 13.9. The van der Waals surface area contributed by atoms with Crippen LogP contribution < -0.4 is 0 Å². The predicted octanol–water partition coefficient (Wildman–Crippen LogP) is 19.2. The molecule has 2 aliphatic carbocycles. The van der Waals surface area contributed by atoms with Gasteiger partial charge in [-0.05, 0) is 151 Å². The van der Waals surface area contributed by atoms with Gasteiger partial charge in [0.15, 0.2) is 0 Å². The van der Waals surface area contributed by atoms with Gasteiger partial charge in [0, 0.05) is 5.92 Å². The molecule has 0 fully saturated rings. The Labute approximate surface area is 425 Å². The molecule has 13 rings (SSSR count). The molecule has 348 valence electrons. The largest absolute Gasteiger partial charge is 0.0728 e. The van der Waals surface area contributed by atoms with Crippen molar-refractivity contribution in [1.29, 1.82) is 0 Å². The van der Waals surface area contributed by atoms with E-state index in [4.69, 9.17) is 0 Å². The summed E-state index contributed by atoms with van der Waals surface area (Å²) >= 11 is 0. The third-order valence-corrected chi connectivity index (χ3v) is 16.5. The monoisotopic (exact) mass is 924 g/mol. The van der Waals surface area contributed by atoms with E-state index in [-0.39, 0.29) is 16.7 Å². The van der Waals surface area contributed by atoms with Crippen LogP contribution in [-0.2, 0) is 22.7 Å². The fourth-order valence-corrected chi connectivity index (χ4v) is 12.9. The summed E-state index contributed by atoms with van der Waals surface area (Å²) in [6.45, 7) is 14.1. The van der Waals surface area contributed by atoms with Crippen LogP contribution in [-0.4, -0.2) is 0 Å². The highest BCUT2D eigenvalue weighted by Gasteiger charge is 2.53. The minimum Gasteiger partial charge on any atom is -0.0619 e. The van der Waals surface area contributed by atoms with E-state index in [0.29, 0.717) is 0 Å². The van der Waals surface area contributed by atoms with Crippen LogP contribution in [0.1, 0.15) is 104 Å². The van der Waals surface area contributed by atoms with Gasteiger partial charge in [-0.3, -0.25) is 0 Å². The lowest BCUT2D eigenvalue weighted by Gasteiger charge is -2.34. The first-order chi connectivity index (χ1) is 35.0. The van der Waals surface area contributed by atoms with E-state index in [9.17, 15) is 0 Å². The molecule has 2 aliphatic rings. The molecular formula is C72H60. The van der Waals surface area contributed by atoms with Crippen LogP contribution in [0.15, 0.2) is 224 Å². The van der Waals surface area contributed by atoms with E-state index in [1.54, 1.807) is 0 Å². The molecule has 0 amide bonds. The van der Waals surface area contributed by atoms with Crippen LogP contribution in [0.3, 0.4) is 0 Å². The molecule has 11 aromatic carbocycles. The summed E-state index contributed by atoms with van der Waals surface area (Å²) in [5.41, 5.74) is 22.6. The van der Waals surface area contributed by atoms with E-state index >= 15 is 0 Å². The molecule has 0 radical (unpaired) electrons.